The van der Waals surface area contributed by atoms with Crippen LogP contribution in [0.1, 0.15) is 38.8 Å². The Morgan fingerprint density at radius 2 is 1.75 bits per heavy atom. The molecule has 1 aromatic carbocycles. The molecule has 0 heterocycles. The largest absolute Gasteiger partial charge is 0.465 e. The zero-order chi connectivity index (χ0) is 15.3. The number of nitrogens with zero attached hydrogens (tertiary/aromatic N) is 1. The van der Waals surface area contributed by atoms with Crippen molar-refractivity contribution < 1.29 is 14.7 Å². The molecule has 20 heavy (non-hydrogen) atoms. The van der Waals surface area contributed by atoms with Crippen LogP contribution in [0.3, 0.4) is 0 Å². The summed E-state index contributed by atoms with van der Waals surface area (Å²) in [5, 5.41) is 12.1. The molecule has 5 heteroatoms. The van der Waals surface area contributed by atoms with Gasteiger partial charge in [-0.15, -0.1) is 0 Å². The second kappa shape index (κ2) is 6.41. The Hall–Kier alpha value is -2.04. The summed E-state index contributed by atoms with van der Waals surface area (Å²) in [5.41, 5.74) is 1.35. The van der Waals surface area contributed by atoms with E-state index in [4.69, 9.17) is 0 Å². The quantitative estimate of drug-likeness (QED) is 0.889. The SMILES string of the molecule is CC(=O)NCc1ccccc1CN(C(=O)O)C(C)(C)C. The number of benzene rings is 1. The molecule has 2 N–H and O–H groups in total. The predicted octanol–water partition coefficient (Wildman–Crippen LogP) is 2.60. The van der Waals surface area contributed by atoms with Crippen molar-refractivity contribution in [1.29, 1.82) is 0 Å². The molecule has 0 bridgehead atoms. The Balaban J connectivity index is 2.95. The van der Waals surface area contributed by atoms with Crippen LogP contribution in [-0.4, -0.2) is 27.5 Å². The Kier molecular flexibility index (Phi) is 5.13. The summed E-state index contributed by atoms with van der Waals surface area (Å²) in [5.74, 6) is -0.106. The molecule has 5 nitrogen and oxygen atoms in total. The summed E-state index contributed by atoms with van der Waals surface area (Å²) in [6.45, 7) is 7.74. The van der Waals surface area contributed by atoms with E-state index >= 15 is 0 Å². The maximum Gasteiger partial charge on any atom is 0.408 e. The molecule has 0 atom stereocenters. The zero-order valence-corrected chi connectivity index (χ0v) is 12.4. The lowest BCUT2D eigenvalue weighted by molar-refractivity contribution is -0.119. The van der Waals surface area contributed by atoms with Gasteiger partial charge in [-0.05, 0) is 31.9 Å². The predicted molar refractivity (Wildman–Crippen MR) is 77.3 cm³/mol. The summed E-state index contributed by atoms with van der Waals surface area (Å²) in [4.78, 5) is 23.8. The minimum atomic E-state index is -0.952. The number of carbonyl (C=O) groups excluding carboxylic acids is 1. The smallest absolute Gasteiger partial charge is 0.408 e. The average Bonchev–Trinajstić information content (AvgIpc) is 2.32. The van der Waals surface area contributed by atoms with Gasteiger partial charge >= 0.3 is 6.09 Å². The standard InChI is InChI=1S/C15H22N2O3/c1-11(18)16-9-12-7-5-6-8-13(12)10-17(14(19)20)15(2,3)4/h5-8H,9-10H2,1-4H3,(H,16,18)(H,19,20). The van der Waals surface area contributed by atoms with Crippen LogP contribution in [0, 0.1) is 0 Å². The molecule has 0 saturated carbocycles. The van der Waals surface area contributed by atoms with Gasteiger partial charge in [0.1, 0.15) is 0 Å². The van der Waals surface area contributed by atoms with E-state index < -0.39 is 11.6 Å². The van der Waals surface area contributed by atoms with E-state index in [2.05, 4.69) is 5.32 Å². The molecule has 0 aliphatic heterocycles. The lowest BCUT2D eigenvalue weighted by atomic mass is 10.0. The highest BCUT2D eigenvalue weighted by molar-refractivity contribution is 5.72. The normalized spacial score (nSPS) is 11.0. The van der Waals surface area contributed by atoms with Gasteiger partial charge in [0.2, 0.25) is 5.91 Å². The van der Waals surface area contributed by atoms with E-state index in [1.54, 1.807) is 0 Å². The number of carbonyl (C=O) groups is 2. The molecule has 0 aliphatic carbocycles. The second-order valence-electron chi connectivity index (χ2n) is 5.72. The van der Waals surface area contributed by atoms with Crippen LogP contribution in [0.15, 0.2) is 24.3 Å². The van der Waals surface area contributed by atoms with E-state index in [1.807, 2.05) is 45.0 Å². The summed E-state index contributed by atoms with van der Waals surface area (Å²) in [6.07, 6.45) is -0.952. The zero-order valence-electron chi connectivity index (χ0n) is 12.4. The van der Waals surface area contributed by atoms with Crippen molar-refractivity contribution in [2.24, 2.45) is 0 Å². The third kappa shape index (κ3) is 4.57. The lowest BCUT2D eigenvalue weighted by Crippen LogP contribution is -2.44. The first-order valence-corrected chi connectivity index (χ1v) is 6.53. The lowest BCUT2D eigenvalue weighted by Gasteiger charge is -2.33. The maximum atomic E-state index is 11.4. The number of carboxylic acid groups (broad SMARTS) is 1. The highest BCUT2D eigenvalue weighted by Crippen LogP contribution is 2.19. The summed E-state index contributed by atoms with van der Waals surface area (Å²) < 4.78 is 0. The summed E-state index contributed by atoms with van der Waals surface area (Å²) in [6, 6.07) is 7.53. The van der Waals surface area contributed by atoms with Gasteiger partial charge in [-0.3, -0.25) is 9.69 Å². The minimum absolute atomic E-state index is 0.106. The Bertz CT molecular complexity index is 492. The molecular formula is C15H22N2O3. The molecule has 1 aromatic rings. The monoisotopic (exact) mass is 278 g/mol. The van der Waals surface area contributed by atoms with Crippen molar-refractivity contribution in [3.63, 3.8) is 0 Å². The van der Waals surface area contributed by atoms with E-state index in [9.17, 15) is 14.7 Å². The van der Waals surface area contributed by atoms with Crippen molar-refractivity contribution in [3.8, 4) is 0 Å². The van der Waals surface area contributed by atoms with Gasteiger partial charge in [0, 0.05) is 25.6 Å². The van der Waals surface area contributed by atoms with Crippen molar-refractivity contribution in [2.75, 3.05) is 0 Å². The third-order valence-electron chi connectivity index (χ3n) is 3.02. The van der Waals surface area contributed by atoms with Gasteiger partial charge in [0.15, 0.2) is 0 Å². The molecule has 0 aliphatic rings. The minimum Gasteiger partial charge on any atom is -0.465 e. The van der Waals surface area contributed by atoms with Crippen LogP contribution in [-0.2, 0) is 17.9 Å². The van der Waals surface area contributed by atoms with E-state index in [0.717, 1.165) is 11.1 Å². The molecule has 110 valence electrons. The van der Waals surface area contributed by atoms with Gasteiger partial charge in [-0.2, -0.15) is 0 Å². The average molecular weight is 278 g/mol. The first kappa shape index (κ1) is 16.0. The molecule has 0 fully saturated rings. The van der Waals surface area contributed by atoms with Gasteiger partial charge in [-0.1, -0.05) is 24.3 Å². The Morgan fingerprint density at radius 1 is 1.20 bits per heavy atom. The number of nitrogens with one attached hydrogen (secondary N) is 1. The van der Waals surface area contributed by atoms with Crippen LogP contribution in [0.2, 0.25) is 0 Å². The first-order valence-electron chi connectivity index (χ1n) is 6.53. The molecule has 2 amide bonds. The van der Waals surface area contributed by atoms with Crippen LogP contribution in [0.5, 0.6) is 0 Å². The summed E-state index contributed by atoms with van der Waals surface area (Å²) >= 11 is 0. The number of hydrogen-bond donors (Lipinski definition) is 2. The van der Waals surface area contributed by atoms with E-state index in [1.165, 1.54) is 11.8 Å². The highest BCUT2D eigenvalue weighted by Gasteiger charge is 2.26. The van der Waals surface area contributed by atoms with Crippen molar-refractivity contribution in [2.45, 2.75) is 46.3 Å². The second-order valence-corrected chi connectivity index (χ2v) is 5.72. The molecular weight excluding hydrogens is 256 g/mol. The fourth-order valence-electron chi connectivity index (χ4n) is 1.87. The van der Waals surface area contributed by atoms with Gasteiger partial charge in [0.05, 0.1) is 0 Å². The number of amides is 2. The van der Waals surface area contributed by atoms with E-state index in [0.29, 0.717) is 13.1 Å². The van der Waals surface area contributed by atoms with Crippen LogP contribution in [0.25, 0.3) is 0 Å². The topological polar surface area (TPSA) is 69.6 Å². The van der Waals surface area contributed by atoms with Crippen molar-refractivity contribution >= 4 is 12.0 Å². The van der Waals surface area contributed by atoms with Crippen molar-refractivity contribution in [1.82, 2.24) is 10.2 Å². The van der Waals surface area contributed by atoms with Crippen LogP contribution >= 0.6 is 0 Å². The number of rotatable bonds is 4. The molecule has 0 aromatic heterocycles. The van der Waals surface area contributed by atoms with Gasteiger partial charge < -0.3 is 10.4 Å². The Morgan fingerprint density at radius 3 is 2.20 bits per heavy atom. The fraction of sp³-hybridized carbons (Fsp3) is 0.467. The molecule has 1 rings (SSSR count). The molecule has 0 spiro atoms. The molecule has 0 radical (unpaired) electrons. The van der Waals surface area contributed by atoms with Crippen molar-refractivity contribution in [3.05, 3.63) is 35.4 Å². The fourth-order valence-corrected chi connectivity index (χ4v) is 1.87. The van der Waals surface area contributed by atoms with Crippen LogP contribution < -0.4 is 5.32 Å². The summed E-state index contributed by atoms with van der Waals surface area (Å²) in [7, 11) is 0. The third-order valence-corrected chi connectivity index (χ3v) is 3.02. The van der Waals surface area contributed by atoms with Gasteiger partial charge in [-0.25, -0.2) is 4.79 Å². The number of hydrogen-bond acceptors (Lipinski definition) is 2. The Labute approximate surface area is 119 Å². The molecule has 0 saturated heterocycles. The molecule has 0 unspecified atom stereocenters. The maximum absolute atomic E-state index is 11.4. The highest BCUT2D eigenvalue weighted by atomic mass is 16.4. The van der Waals surface area contributed by atoms with Gasteiger partial charge in [0.25, 0.3) is 0 Å². The first-order chi connectivity index (χ1) is 9.21. The van der Waals surface area contributed by atoms with E-state index in [-0.39, 0.29) is 5.91 Å². The van der Waals surface area contributed by atoms with Crippen LogP contribution in [0.4, 0.5) is 4.79 Å².